The van der Waals surface area contributed by atoms with Crippen molar-refractivity contribution in [3.05, 3.63) is 35.4 Å². The van der Waals surface area contributed by atoms with Crippen LogP contribution < -0.4 is 0 Å². The van der Waals surface area contributed by atoms with Gasteiger partial charge in [-0.05, 0) is 0 Å². The van der Waals surface area contributed by atoms with E-state index < -0.39 is 5.72 Å². The van der Waals surface area contributed by atoms with Gasteiger partial charge in [0, 0.05) is 0 Å². The number of aryl methyl sites for hydroxylation is 1. The van der Waals surface area contributed by atoms with Crippen LogP contribution in [0.5, 0.6) is 0 Å². The van der Waals surface area contributed by atoms with Gasteiger partial charge in [-0.3, -0.25) is 0 Å². The number of benzene rings is 1. The third-order valence-corrected chi connectivity index (χ3v) is 6.52. The standard InChI is InChI=1S/C15H21NOSe/c1-10(2)13-9-15(4,17)16-14(18-13)12-7-5-11(3)6-8-12/h5-8,10,13,17H,9H2,1-4H3. The topological polar surface area (TPSA) is 32.6 Å². The van der Waals surface area contributed by atoms with Crippen LogP contribution in [0.3, 0.4) is 0 Å². The molecule has 0 saturated heterocycles. The summed E-state index contributed by atoms with van der Waals surface area (Å²) >= 11 is 0.353. The number of hydrogen-bond donors (Lipinski definition) is 1. The zero-order valence-electron chi connectivity index (χ0n) is 11.5. The quantitative estimate of drug-likeness (QED) is 0.837. The van der Waals surface area contributed by atoms with Crippen molar-refractivity contribution in [2.24, 2.45) is 10.9 Å². The number of hydrogen-bond acceptors (Lipinski definition) is 2. The van der Waals surface area contributed by atoms with Gasteiger partial charge in [-0.2, -0.15) is 0 Å². The second-order valence-electron chi connectivity index (χ2n) is 5.60. The van der Waals surface area contributed by atoms with E-state index in [9.17, 15) is 5.11 Å². The second-order valence-corrected chi connectivity index (χ2v) is 8.18. The van der Waals surface area contributed by atoms with Crippen LogP contribution in [0, 0.1) is 12.8 Å². The summed E-state index contributed by atoms with van der Waals surface area (Å²) in [5.41, 5.74) is 1.54. The average molecular weight is 310 g/mol. The molecule has 0 saturated carbocycles. The predicted octanol–water partition coefficient (Wildman–Crippen LogP) is 3.00. The van der Waals surface area contributed by atoms with Gasteiger partial charge in [0.25, 0.3) is 0 Å². The van der Waals surface area contributed by atoms with Gasteiger partial charge in [0.1, 0.15) is 0 Å². The first kappa shape index (κ1) is 13.8. The summed E-state index contributed by atoms with van der Waals surface area (Å²) in [5, 5.41) is 10.3. The van der Waals surface area contributed by atoms with Gasteiger partial charge in [0.2, 0.25) is 0 Å². The molecular weight excluding hydrogens is 289 g/mol. The Bertz CT molecular complexity index is 448. The van der Waals surface area contributed by atoms with E-state index >= 15 is 0 Å². The Morgan fingerprint density at radius 3 is 2.50 bits per heavy atom. The van der Waals surface area contributed by atoms with Crippen LogP contribution in [0.1, 0.15) is 38.3 Å². The predicted molar refractivity (Wildman–Crippen MR) is 77.3 cm³/mol. The molecule has 0 fully saturated rings. The molecule has 18 heavy (non-hydrogen) atoms. The van der Waals surface area contributed by atoms with Crippen LogP contribution in [0.2, 0.25) is 4.82 Å². The van der Waals surface area contributed by atoms with E-state index in [1.165, 1.54) is 11.1 Å². The number of aliphatic hydroxyl groups is 1. The van der Waals surface area contributed by atoms with Gasteiger partial charge in [-0.25, -0.2) is 0 Å². The van der Waals surface area contributed by atoms with E-state index in [4.69, 9.17) is 0 Å². The molecule has 1 N–H and O–H groups in total. The van der Waals surface area contributed by atoms with E-state index in [0.717, 1.165) is 11.0 Å². The summed E-state index contributed by atoms with van der Waals surface area (Å²) in [7, 11) is 0. The first-order valence-corrected chi connectivity index (χ1v) is 8.28. The van der Waals surface area contributed by atoms with Crippen LogP contribution in [0.4, 0.5) is 0 Å². The third kappa shape index (κ3) is 3.22. The molecule has 3 heteroatoms. The average Bonchev–Trinajstić information content (AvgIpc) is 2.27. The fourth-order valence-electron chi connectivity index (χ4n) is 2.06. The van der Waals surface area contributed by atoms with Crippen molar-refractivity contribution in [3.8, 4) is 0 Å². The minimum atomic E-state index is -0.894. The Kier molecular flexibility index (Phi) is 3.96. The molecule has 0 bridgehead atoms. The van der Waals surface area contributed by atoms with Crippen molar-refractivity contribution < 1.29 is 5.11 Å². The van der Waals surface area contributed by atoms with Crippen molar-refractivity contribution in [1.29, 1.82) is 0 Å². The molecule has 98 valence electrons. The Hall–Kier alpha value is -0.631. The van der Waals surface area contributed by atoms with Crippen LogP contribution in [0.15, 0.2) is 29.3 Å². The molecule has 2 nitrogen and oxygen atoms in total. The van der Waals surface area contributed by atoms with Crippen LogP contribution in [0.25, 0.3) is 0 Å². The summed E-state index contributed by atoms with van der Waals surface area (Å²) in [4.78, 5) is 5.12. The molecule has 2 unspecified atom stereocenters. The minimum absolute atomic E-state index is 0.353. The van der Waals surface area contributed by atoms with Crippen molar-refractivity contribution in [1.82, 2.24) is 0 Å². The Labute approximate surface area is 116 Å². The molecule has 1 aliphatic heterocycles. The maximum atomic E-state index is 10.3. The molecule has 1 heterocycles. The van der Waals surface area contributed by atoms with E-state index in [0.29, 0.717) is 25.7 Å². The zero-order chi connectivity index (χ0) is 13.3. The van der Waals surface area contributed by atoms with E-state index in [1.807, 2.05) is 6.92 Å². The van der Waals surface area contributed by atoms with Crippen molar-refractivity contribution in [3.63, 3.8) is 0 Å². The number of rotatable bonds is 2. The van der Waals surface area contributed by atoms with Crippen LogP contribution >= 0.6 is 0 Å². The molecule has 1 aromatic carbocycles. The summed E-state index contributed by atoms with van der Waals surface area (Å²) in [6.07, 6.45) is 0.792. The molecule has 1 aliphatic rings. The fourth-order valence-corrected chi connectivity index (χ4v) is 5.16. The van der Waals surface area contributed by atoms with Gasteiger partial charge in [0.15, 0.2) is 0 Å². The molecule has 2 atom stereocenters. The molecule has 1 aromatic rings. The van der Waals surface area contributed by atoms with Crippen molar-refractivity contribution >= 4 is 19.6 Å². The second kappa shape index (κ2) is 5.16. The number of aliphatic imine (C=N–C) groups is 1. The Morgan fingerprint density at radius 1 is 1.33 bits per heavy atom. The third-order valence-electron chi connectivity index (χ3n) is 3.24. The molecule has 0 spiro atoms. The molecule has 0 aromatic heterocycles. The molecule has 0 aliphatic carbocycles. The molecule has 0 radical (unpaired) electrons. The fraction of sp³-hybridized carbons (Fsp3) is 0.533. The van der Waals surface area contributed by atoms with Crippen molar-refractivity contribution in [2.45, 2.75) is 44.7 Å². The zero-order valence-corrected chi connectivity index (χ0v) is 13.2. The summed E-state index contributed by atoms with van der Waals surface area (Å²) in [6, 6.07) is 8.46. The molecular formula is C15H21NOSe. The van der Waals surface area contributed by atoms with Gasteiger partial charge in [0.05, 0.1) is 0 Å². The Balaban J connectivity index is 2.31. The number of nitrogens with zero attached hydrogens (tertiary/aromatic N) is 1. The summed E-state index contributed by atoms with van der Waals surface area (Å²) in [6.45, 7) is 8.39. The van der Waals surface area contributed by atoms with E-state index in [-0.39, 0.29) is 0 Å². The SMILES string of the molecule is Cc1ccc(C2=NC(C)(O)CC(C(C)C)[Se]2)cc1. The molecule has 2 rings (SSSR count). The van der Waals surface area contributed by atoms with Gasteiger partial charge in [-0.15, -0.1) is 0 Å². The van der Waals surface area contributed by atoms with Crippen LogP contribution in [-0.4, -0.2) is 30.4 Å². The summed E-state index contributed by atoms with van der Waals surface area (Å²) in [5.74, 6) is 0.604. The van der Waals surface area contributed by atoms with Gasteiger partial charge < -0.3 is 0 Å². The van der Waals surface area contributed by atoms with Gasteiger partial charge >= 0.3 is 116 Å². The monoisotopic (exact) mass is 311 g/mol. The van der Waals surface area contributed by atoms with Crippen LogP contribution in [-0.2, 0) is 0 Å². The Morgan fingerprint density at radius 2 is 1.94 bits per heavy atom. The first-order valence-electron chi connectivity index (χ1n) is 6.43. The van der Waals surface area contributed by atoms with E-state index in [1.54, 1.807) is 0 Å². The van der Waals surface area contributed by atoms with E-state index in [2.05, 4.69) is 50.0 Å². The molecule has 0 amide bonds. The summed E-state index contributed by atoms with van der Waals surface area (Å²) < 4.78 is 1.11. The normalized spacial score (nSPS) is 28.3. The first-order chi connectivity index (χ1) is 8.37. The van der Waals surface area contributed by atoms with Crippen molar-refractivity contribution in [2.75, 3.05) is 0 Å². The maximum absolute atomic E-state index is 10.3. The van der Waals surface area contributed by atoms with Gasteiger partial charge in [-0.1, -0.05) is 0 Å².